The molecule has 0 saturated heterocycles. The normalized spacial score (nSPS) is 10.9. The van der Waals surface area contributed by atoms with Gasteiger partial charge in [-0.25, -0.2) is 10.7 Å². The minimum absolute atomic E-state index is 0.0587. The van der Waals surface area contributed by atoms with Crippen LogP contribution < -0.4 is 11.5 Å². The number of hydrogen-bond donors (Lipinski definition) is 2. The molecule has 0 unspecified atom stereocenters. The summed E-state index contributed by atoms with van der Waals surface area (Å²) in [6, 6.07) is 4.03. The molecule has 0 aliphatic rings. The van der Waals surface area contributed by atoms with Gasteiger partial charge in [-0.2, -0.15) is 0 Å². The summed E-state index contributed by atoms with van der Waals surface area (Å²) in [7, 11) is 0. The first-order valence-corrected chi connectivity index (χ1v) is 4.76. The van der Waals surface area contributed by atoms with E-state index in [4.69, 9.17) is 21.9 Å². The van der Waals surface area contributed by atoms with E-state index in [0.29, 0.717) is 10.9 Å². The van der Waals surface area contributed by atoms with Crippen LogP contribution in [-0.2, 0) is 11.4 Å². The van der Waals surface area contributed by atoms with E-state index in [1.165, 1.54) is 18.2 Å². The molecule has 0 bridgehead atoms. The lowest BCUT2D eigenvalue weighted by Gasteiger charge is -2.05. The van der Waals surface area contributed by atoms with Crippen LogP contribution in [0, 0.1) is 0 Å². The van der Waals surface area contributed by atoms with Crippen molar-refractivity contribution in [3.63, 3.8) is 0 Å². The van der Waals surface area contributed by atoms with Gasteiger partial charge in [-0.3, -0.25) is 4.84 Å². The number of hydrogen-bond acceptors (Lipinski definition) is 5. The quantitative estimate of drug-likeness (QED) is 0.615. The molecule has 1 aromatic heterocycles. The van der Waals surface area contributed by atoms with Gasteiger partial charge in [-0.1, -0.05) is 11.6 Å². The van der Waals surface area contributed by atoms with E-state index in [-0.39, 0.29) is 23.0 Å². The van der Waals surface area contributed by atoms with E-state index in [1.807, 2.05) is 0 Å². The second kappa shape index (κ2) is 4.13. The largest absolute Gasteiger partial charge is 0.506 e. The Hall–Kier alpha value is -1.56. The third kappa shape index (κ3) is 1.88. The van der Waals surface area contributed by atoms with Crippen molar-refractivity contribution in [3.05, 3.63) is 39.2 Å². The number of halogens is 1. The van der Waals surface area contributed by atoms with Gasteiger partial charge in [0.15, 0.2) is 0 Å². The van der Waals surface area contributed by atoms with Gasteiger partial charge in [-0.15, -0.1) is 0 Å². The number of rotatable bonds is 2. The zero-order valence-corrected chi connectivity index (χ0v) is 8.82. The number of nitrogens with two attached hydrogens (primary N) is 1. The van der Waals surface area contributed by atoms with Crippen LogP contribution in [0.25, 0.3) is 11.0 Å². The van der Waals surface area contributed by atoms with Crippen molar-refractivity contribution in [1.29, 1.82) is 0 Å². The molecule has 3 N–H and O–H groups in total. The Morgan fingerprint density at radius 1 is 1.44 bits per heavy atom. The first kappa shape index (κ1) is 10.9. The van der Waals surface area contributed by atoms with Gasteiger partial charge in [0.05, 0.1) is 11.6 Å². The zero-order chi connectivity index (χ0) is 11.7. The molecule has 0 aliphatic carbocycles. The van der Waals surface area contributed by atoms with Crippen molar-refractivity contribution in [1.82, 2.24) is 0 Å². The van der Waals surface area contributed by atoms with Gasteiger partial charge >= 0.3 is 5.63 Å². The SMILES string of the molecule is NOCc1cc(=O)oc2cc(O)c(Cl)cc12. The average molecular weight is 242 g/mol. The van der Waals surface area contributed by atoms with E-state index >= 15 is 0 Å². The molecule has 16 heavy (non-hydrogen) atoms. The van der Waals surface area contributed by atoms with Crippen LogP contribution in [0.5, 0.6) is 5.75 Å². The molecule has 84 valence electrons. The van der Waals surface area contributed by atoms with Crippen molar-refractivity contribution in [2.45, 2.75) is 6.61 Å². The van der Waals surface area contributed by atoms with E-state index in [9.17, 15) is 9.90 Å². The lowest BCUT2D eigenvalue weighted by molar-refractivity contribution is 0.124. The first-order valence-electron chi connectivity index (χ1n) is 4.38. The fraction of sp³-hybridized carbons (Fsp3) is 0.100. The Morgan fingerprint density at radius 2 is 2.19 bits per heavy atom. The minimum atomic E-state index is -0.540. The molecule has 2 aromatic rings. The van der Waals surface area contributed by atoms with E-state index < -0.39 is 5.63 Å². The Kier molecular flexibility index (Phi) is 2.82. The van der Waals surface area contributed by atoms with Crippen LogP contribution in [0.1, 0.15) is 5.56 Å². The Balaban J connectivity index is 2.79. The summed E-state index contributed by atoms with van der Waals surface area (Å²) in [5, 5.41) is 10.1. The average Bonchev–Trinajstić information content (AvgIpc) is 2.21. The summed E-state index contributed by atoms with van der Waals surface area (Å²) < 4.78 is 4.91. The Labute approximate surface area is 94.9 Å². The maximum absolute atomic E-state index is 11.2. The fourth-order valence-corrected chi connectivity index (χ4v) is 1.61. The first-order chi connectivity index (χ1) is 7.61. The molecule has 0 atom stereocenters. The molecular formula is C10H8ClNO4. The molecule has 5 nitrogen and oxygen atoms in total. The summed E-state index contributed by atoms with van der Waals surface area (Å²) in [6.07, 6.45) is 0. The highest BCUT2D eigenvalue weighted by Crippen LogP contribution is 2.29. The van der Waals surface area contributed by atoms with Crippen LogP contribution in [-0.4, -0.2) is 5.11 Å². The Morgan fingerprint density at radius 3 is 2.88 bits per heavy atom. The molecule has 0 amide bonds. The summed E-state index contributed by atoms with van der Waals surface area (Å²) in [5.41, 5.74) is 0.248. The third-order valence-electron chi connectivity index (χ3n) is 2.14. The third-order valence-corrected chi connectivity index (χ3v) is 2.44. The molecule has 1 aromatic carbocycles. The minimum Gasteiger partial charge on any atom is -0.506 e. The van der Waals surface area contributed by atoms with Crippen molar-refractivity contribution in [3.8, 4) is 5.75 Å². The Bertz CT molecular complexity index is 593. The lowest BCUT2D eigenvalue weighted by atomic mass is 10.1. The number of aromatic hydroxyl groups is 1. The van der Waals surface area contributed by atoms with Crippen LogP contribution in [0.15, 0.2) is 27.4 Å². The van der Waals surface area contributed by atoms with Gasteiger partial charge in [0, 0.05) is 17.5 Å². The highest BCUT2D eigenvalue weighted by molar-refractivity contribution is 6.32. The predicted molar refractivity (Wildman–Crippen MR) is 58.1 cm³/mol. The van der Waals surface area contributed by atoms with Crippen molar-refractivity contribution < 1.29 is 14.4 Å². The second-order valence-corrected chi connectivity index (χ2v) is 3.61. The monoisotopic (exact) mass is 241 g/mol. The zero-order valence-electron chi connectivity index (χ0n) is 8.07. The molecule has 0 aliphatic heterocycles. The number of benzene rings is 1. The van der Waals surface area contributed by atoms with Gasteiger partial charge in [0.25, 0.3) is 0 Å². The van der Waals surface area contributed by atoms with E-state index in [2.05, 4.69) is 4.84 Å². The molecule has 0 fully saturated rings. The smallest absolute Gasteiger partial charge is 0.336 e. The van der Waals surface area contributed by atoms with Crippen LogP contribution >= 0.6 is 11.6 Å². The molecule has 0 radical (unpaired) electrons. The maximum Gasteiger partial charge on any atom is 0.336 e. The van der Waals surface area contributed by atoms with Gasteiger partial charge in [0.2, 0.25) is 0 Å². The number of phenols is 1. The topological polar surface area (TPSA) is 85.7 Å². The van der Waals surface area contributed by atoms with E-state index in [0.717, 1.165) is 0 Å². The molecule has 2 rings (SSSR count). The summed E-state index contributed by atoms with van der Waals surface area (Å²) in [4.78, 5) is 15.7. The number of phenolic OH excluding ortho intramolecular Hbond substituents is 1. The van der Waals surface area contributed by atoms with E-state index in [1.54, 1.807) is 0 Å². The molecule has 6 heteroatoms. The second-order valence-electron chi connectivity index (χ2n) is 3.20. The highest BCUT2D eigenvalue weighted by atomic mass is 35.5. The highest BCUT2D eigenvalue weighted by Gasteiger charge is 2.09. The van der Waals surface area contributed by atoms with Crippen molar-refractivity contribution in [2.75, 3.05) is 0 Å². The van der Waals surface area contributed by atoms with Gasteiger partial charge in [-0.05, 0) is 11.6 Å². The summed E-state index contributed by atoms with van der Waals surface area (Å²) in [5.74, 6) is 4.80. The van der Waals surface area contributed by atoms with Crippen LogP contribution in [0.3, 0.4) is 0 Å². The predicted octanol–water partition coefficient (Wildman–Crippen LogP) is 1.54. The number of fused-ring (bicyclic) bond motifs is 1. The lowest BCUT2D eigenvalue weighted by Crippen LogP contribution is -2.05. The van der Waals surface area contributed by atoms with Gasteiger partial charge in [0.1, 0.15) is 11.3 Å². The molecule has 0 saturated carbocycles. The van der Waals surface area contributed by atoms with Crippen LogP contribution in [0.4, 0.5) is 0 Å². The maximum atomic E-state index is 11.2. The summed E-state index contributed by atoms with van der Waals surface area (Å²) >= 11 is 5.76. The van der Waals surface area contributed by atoms with Crippen molar-refractivity contribution >= 4 is 22.6 Å². The molecule has 0 spiro atoms. The van der Waals surface area contributed by atoms with Gasteiger partial charge < -0.3 is 9.52 Å². The standard InChI is InChI=1S/C10H8ClNO4/c11-7-2-6-5(4-15-12)1-10(14)16-9(6)3-8(7)13/h1-3,13H,4,12H2. The molecular weight excluding hydrogens is 234 g/mol. The van der Waals surface area contributed by atoms with Crippen molar-refractivity contribution in [2.24, 2.45) is 5.90 Å². The fourth-order valence-electron chi connectivity index (χ4n) is 1.45. The van der Waals surface area contributed by atoms with Crippen LogP contribution in [0.2, 0.25) is 5.02 Å². The molecule has 1 heterocycles. The summed E-state index contributed by atoms with van der Waals surface area (Å²) in [6.45, 7) is 0.0587.